The summed E-state index contributed by atoms with van der Waals surface area (Å²) in [7, 11) is 0. The van der Waals surface area contributed by atoms with Crippen molar-refractivity contribution in [3.63, 3.8) is 0 Å². The van der Waals surface area contributed by atoms with Crippen molar-refractivity contribution >= 4 is 22.6 Å². The molecule has 3 nitrogen and oxygen atoms in total. The van der Waals surface area contributed by atoms with Gasteiger partial charge in [-0.15, -0.1) is 11.6 Å². The molecular weight excluding hydrogens is 279 g/mol. The van der Waals surface area contributed by atoms with Crippen molar-refractivity contribution in [3.8, 4) is 0 Å². The molecule has 0 saturated heterocycles. The fraction of sp³-hybridized carbons (Fsp3) is 0.533. The molecule has 0 bridgehead atoms. The van der Waals surface area contributed by atoms with Crippen LogP contribution >= 0.6 is 11.6 Å². The molecule has 1 aromatic heterocycles. The minimum Gasteiger partial charge on any atom is -0.381 e. The lowest BCUT2D eigenvalue weighted by atomic mass is 10.3. The van der Waals surface area contributed by atoms with Crippen LogP contribution in [0.25, 0.3) is 11.0 Å². The Hall–Kier alpha value is -1.13. The van der Waals surface area contributed by atoms with Crippen LogP contribution in [-0.2, 0) is 17.2 Å². The van der Waals surface area contributed by atoms with Crippen LogP contribution in [0.4, 0.5) is 4.39 Å². The van der Waals surface area contributed by atoms with Crippen LogP contribution in [0.3, 0.4) is 0 Å². The molecular formula is C15H18ClFN2O. The number of alkyl halides is 1. The van der Waals surface area contributed by atoms with Gasteiger partial charge in [-0.1, -0.05) is 0 Å². The van der Waals surface area contributed by atoms with Crippen LogP contribution in [0.1, 0.15) is 25.1 Å². The molecule has 1 aliphatic carbocycles. The predicted molar refractivity (Wildman–Crippen MR) is 77.4 cm³/mol. The first-order valence-corrected chi connectivity index (χ1v) is 7.60. The number of aromatic nitrogens is 2. The van der Waals surface area contributed by atoms with Crippen molar-refractivity contribution in [2.75, 3.05) is 13.2 Å². The molecule has 1 heterocycles. The Kier molecular flexibility index (Phi) is 4.22. The van der Waals surface area contributed by atoms with E-state index in [1.165, 1.54) is 25.0 Å². The molecule has 0 N–H and O–H groups in total. The van der Waals surface area contributed by atoms with Gasteiger partial charge in [0.2, 0.25) is 0 Å². The third kappa shape index (κ3) is 3.13. The topological polar surface area (TPSA) is 27.1 Å². The van der Waals surface area contributed by atoms with Crippen molar-refractivity contribution < 1.29 is 9.13 Å². The number of rotatable bonds is 7. The minimum atomic E-state index is -0.268. The molecule has 0 amide bonds. The first-order chi connectivity index (χ1) is 9.78. The smallest absolute Gasteiger partial charge is 0.125 e. The highest BCUT2D eigenvalue weighted by Crippen LogP contribution is 2.28. The number of aryl methyl sites for hydroxylation is 1. The number of fused-ring (bicyclic) bond motifs is 1. The lowest BCUT2D eigenvalue weighted by Crippen LogP contribution is -2.06. The second-order valence-corrected chi connectivity index (χ2v) is 5.59. The first-order valence-electron chi connectivity index (χ1n) is 7.06. The summed E-state index contributed by atoms with van der Waals surface area (Å²) in [5, 5.41) is 0. The van der Waals surface area contributed by atoms with Gasteiger partial charge < -0.3 is 9.30 Å². The van der Waals surface area contributed by atoms with Crippen LogP contribution in [0.2, 0.25) is 0 Å². The largest absolute Gasteiger partial charge is 0.381 e. The summed E-state index contributed by atoms with van der Waals surface area (Å²) in [6.45, 7) is 2.44. The third-order valence-electron chi connectivity index (χ3n) is 3.63. The molecule has 108 valence electrons. The van der Waals surface area contributed by atoms with Gasteiger partial charge >= 0.3 is 0 Å². The highest BCUT2D eigenvalue weighted by Gasteiger charge is 2.20. The van der Waals surface area contributed by atoms with Crippen molar-refractivity contribution in [2.24, 2.45) is 5.92 Å². The van der Waals surface area contributed by atoms with Gasteiger partial charge in [0.1, 0.15) is 11.6 Å². The summed E-state index contributed by atoms with van der Waals surface area (Å²) in [5.74, 6) is 1.65. The molecule has 0 atom stereocenters. The Morgan fingerprint density at radius 2 is 2.25 bits per heavy atom. The lowest BCUT2D eigenvalue weighted by molar-refractivity contribution is 0.119. The number of hydrogen-bond donors (Lipinski definition) is 0. The highest BCUT2D eigenvalue weighted by atomic mass is 35.5. The average molecular weight is 297 g/mol. The number of benzene rings is 1. The van der Waals surface area contributed by atoms with Crippen molar-refractivity contribution in [1.82, 2.24) is 9.55 Å². The maximum atomic E-state index is 13.2. The molecule has 1 aliphatic rings. The minimum absolute atomic E-state index is 0.268. The van der Waals surface area contributed by atoms with Gasteiger partial charge in [-0.25, -0.2) is 9.37 Å². The summed E-state index contributed by atoms with van der Waals surface area (Å²) in [6, 6.07) is 4.67. The summed E-state index contributed by atoms with van der Waals surface area (Å²) in [6.07, 6.45) is 3.54. The summed E-state index contributed by atoms with van der Waals surface area (Å²) >= 11 is 5.92. The van der Waals surface area contributed by atoms with E-state index in [-0.39, 0.29) is 5.82 Å². The molecule has 1 saturated carbocycles. The normalized spacial score (nSPS) is 15.1. The number of halogens is 2. The van der Waals surface area contributed by atoms with Gasteiger partial charge in [-0.05, 0) is 37.3 Å². The predicted octanol–water partition coefficient (Wildman–Crippen LogP) is 3.73. The highest BCUT2D eigenvalue weighted by molar-refractivity contribution is 6.16. The Morgan fingerprint density at radius 1 is 1.40 bits per heavy atom. The zero-order valence-electron chi connectivity index (χ0n) is 11.3. The van der Waals surface area contributed by atoms with E-state index in [0.717, 1.165) is 43.4 Å². The van der Waals surface area contributed by atoms with E-state index in [1.54, 1.807) is 6.07 Å². The Bertz CT molecular complexity index is 595. The van der Waals surface area contributed by atoms with Crippen molar-refractivity contribution in [3.05, 3.63) is 29.8 Å². The summed E-state index contributed by atoms with van der Waals surface area (Å²) in [4.78, 5) is 4.38. The van der Waals surface area contributed by atoms with Gasteiger partial charge in [0.05, 0.1) is 16.9 Å². The van der Waals surface area contributed by atoms with Gasteiger partial charge in [0.15, 0.2) is 0 Å². The third-order valence-corrected chi connectivity index (χ3v) is 3.87. The van der Waals surface area contributed by atoms with E-state index in [4.69, 9.17) is 16.3 Å². The molecule has 0 spiro atoms. The summed E-state index contributed by atoms with van der Waals surface area (Å²) in [5.41, 5.74) is 1.60. The van der Waals surface area contributed by atoms with Gasteiger partial charge in [0, 0.05) is 25.8 Å². The maximum absolute atomic E-state index is 13.2. The molecule has 1 aromatic carbocycles. The Labute approximate surface area is 122 Å². The van der Waals surface area contributed by atoms with E-state index >= 15 is 0 Å². The van der Waals surface area contributed by atoms with Crippen molar-refractivity contribution in [2.45, 2.75) is 31.7 Å². The number of hydrogen-bond acceptors (Lipinski definition) is 2. The zero-order chi connectivity index (χ0) is 13.9. The summed E-state index contributed by atoms with van der Waals surface area (Å²) < 4.78 is 20.9. The fourth-order valence-corrected chi connectivity index (χ4v) is 2.57. The van der Waals surface area contributed by atoms with E-state index in [9.17, 15) is 4.39 Å². The van der Waals surface area contributed by atoms with Crippen LogP contribution in [0, 0.1) is 11.7 Å². The molecule has 1 fully saturated rings. The number of imidazole rings is 1. The van der Waals surface area contributed by atoms with Crippen molar-refractivity contribution in [1.29, 1.82) is 0 Å². The SMILES string of the molecule is Fc1ccc2c(c1)nc(CCl)n2CCCOCC1CC1. The van der Waals surface area contributed by atoms with E-state index in [0.29, 0.717) is 11.4 Å². The standard InChI is InChI=1S/C15H18ClFN2O/c16-9-15-18-13-8-12(17)4-5-14(13)19(15)6-1-7-20-10-11-2-3-11/h4-5,8,11H,1-3,6-7,9-10H2. The zero-order valence-corrected chi connectivity index (χ0v) is 12.1. The molecule has 2 aromatic rings. The van der Waals surface area contributed by atoms with E-state index < -0.39 is 0 Å². The van der Waals surface area contributed by atoms with Crippen LogP contribution in [-0.4, -0.2) is 22.8 Å². The fourth-order valence-electron chi connectivity index (χ4n) is 2.36. The number of ether oxygens (including phenoxy) is 1. The first kappa shape index (κ1) is 13.8. The van der Waals surface area contributed by atoms with Crippen LogP contribution in [0.15, 0.2) is 18.2 Å². The Balaban J connectivity index is 1.65. The van der Waals surface area contributed by atoms with Crippen LogP contribution in [0.5, 0.6) is 0 Å². The maximum Gasteiger partial charge on any atom is 0.125 e. The van der Waals surface area contributed by atoms with E-state index in [2.05, 4.69) is 9.55 Å². The second-order valence-electron chi connectivity index (χ2n) is 5.32. The molecule has 5 heteroatoms. The quantitative estimate of drug-likeness (QED) is 0.575. The molecule has 0 unspecified atom stereocenters. The van der Waals surface area contributed by atoms with Gasteiger partial charge in [-0.2, -0.15) is 0 Å². The average Bonchev–Trinajstić information content (AvgIpc) is 3.20. The number of nitrogens with zero attached hydrogens (tertiary/aromatic N) is 2. The van der Waals surface area contributed by atoms with Crippen LogP contribution < -0.4 is 0 Å². The van der Waals surface area contributed by atoms with E-state index in [1.807, 2.05) is 0 Å². The molecule has 3 rings (SSSR count). The molecule has 0 aliphatic heterocycles. The monoisotopic (exact) mass is 296 g/mol. The van der Waals surface area contributed by atoms with Gasteiger partial charge in [-0.3, -0.25) is 0 Å². The Morgan fingerprint density at radius 3 is 3.00 bits per heavy atom. The lowest BCUT2D eigenvalue weighted by Gasteiger charge is -2.08. The second kappa shape index (κ2) is 6.10. The van der Waals surface area contributed by atoms with Gasteiger partial charge in [0.25, 0.3) is 0 Å². The molecule has 0 radical (unpaired) electrons. The molecule has 20 heavy (non-hydrogen) atoms.